The molecule has 0 aromatic heterocycles. The molecule has 0 bridgehead atoms. The molecule has 1 aromatic rings. The molecule has 0 aliphatic carbocycles. The Bertz CT molecular complexity index is 380. The first-order valence-electron chi connectivity index (χ1n) is 5.28. The second kappa shape index (κ2) is 5.73. The van der Waals surface area contributed by atoms with Crippen LogP contribution in [0.2, 0.25) is 0 Å². The van der Waals surface area contributed by atoms with E-state index in [1.165, 1.54) is 12.1 Å². The second-order valence-corrected chi connectivity index (χ2v) is 9.20. The van der Waals surface area contributed by atoms with Crippen molar-refractivity contribution >= 4 is 12.8 Å². The molecule has 18 heavy (non-hydrogen) atoms. The summed E-state index contributed by atoms with van der Waals surface area (Å²) in [6, 6.07) is 7.96. The van der Waals surface area contributed by atoms with Crippen molar-refractivity contribution in [2.45, 2.75) is 0 Å². The third kappa shape index (κ3) is 2.68. The summed E-state index contributed by atoms with van der Waals surface area (Å²) in [5.41, 5.74) is 0.218. The summed E-state index contributed by atoms with van der Waals surface area (Å²) < 4.78 is 5.10. The summed E-state index contributed by atoms with van der Waals surface area (Å²) in [7, 11) is 0. The minimum atomic E-state index is -4.09. The van der Waals surface area contributed by atoms with Crippen molar-refractivity contribution in [3.8, 4) is 0 Å². The van der Waals surface area contributed by atoms with E-state index in [1.54, 1.807) is 18.2 Å². The van der Waals surface area contributed by atoms with E-state index in [9.17, 15) is 25.2 Å². The number of rotatable bonds is 6. The van der Waals surface area contributed by atoms with Crippen molar-refractivity contribution in [3.63, 3.8) is 0 Å². The molecular weight excluding hydrogens is 259 g/mol. The fraction of sp³-hybridized carbons (Fsp3) is 0.364. The van der Waals surface area contributed by atoms with Crippen LogP contribution in [0.3, 0.4) is 0 Å². The summed E-state index contributed by atoms with van der Waals surface area (Å²) in [4.78, 5) is 11.9. The van der Waals surface area contributed by atoms with Crippen molar-refractivity contribution in [1.82, 2.24) is 0 Å². The fourth-order valence-electron chi connectivity index (χ4n) is 1.25. The van der Waals surface area contributed by atoms with Gasteiger partial charge in [0.25, 0.3) is 0 Å². The van der Waals surface area contributed by atoms with Crippen molar-refractivity contribution in [1.29, 1.82) is 0 Å². The van der Waals surface area contributed by atoms with E-state index < -0.39 is 38.2 Å². The Hall–Kier alpha value is -1.04. The predicted octanol–water partition coefficient (Wildman–Crippen LogP) is 0.111. The quantitative estimate of drug-likeness (QED) is 0.549. The van der Waals surface area contributed by atoms with E-state index in [0.717, 1.165) is 0 Å². The Morgan fingerprint density at radius 1 is 0.944 bits per heavy atom. The van der Waals surface area contributed by atoms with Crippen LogP contribution in [0, 0.1) is 0 Å². The van der Waals surface area contributed by atoms with Crippen molar-refractivity contribution in [2.24, 2.45) is 0 Å². The Labute approximate surface area is 104 Å². The monoisotopic (exact) mass is 276 g/mol. The molecule has 1 aromatic carbocycles. The molecule has 0 spiro atoms. The molecule has 0 fully saturated rings. The standard InChI is InChI=1S/C11H17O6P/c12-6-18(7-13,8-14,9-15)17-11(16)10-4-2-1-3-5-10/h1-5,12-15H,6-9H2. The first kappa shape index (κ1) is 15.0. The van der Waals surface area contributed by atoms with Gasteiger partial charge in [-0.2, -0.15) is 0 Å². The van der Waals surface area contributed by atoms with Gasteiger partial charge in [-0.1, -0.05) is 0 Å². The van der Waals surface area contributed by atoms with Crippen LogP contribution in [-0.2, 0) is 4.52 Å². The third-order valence-corrected chi connectivity index (χ3v) is 6.33. The number of hydrogen-bond donors (Lipinski definition) is 4. The number of aliphatic hydroxyl groups excluding tert-OH is 4. The van der Waals surface area contributed by atoms with E-state index in [0.29, 0.717) is 0 Å². The second-order valence-electron chi connectivity index (χ2n) is 4.17. The molecular formula is C11H17O6P. The summed E-state index contributed by atoms with van der Waals surface area (Å²) >= 11 is 0. The van der Waals surface area contributed by atoms with E-state index >= 15 is 0 Å². The third-order valence-electron chi connectivity index (χ3n) is 2.78. The zero-order valence-electron chi connectivity index (χ0n) is 9.77. The van der Waals surface area contributed by atoms with Crippen molar-refractivity contribution in [3.05, 3.63) is 35.9 Å². The SMILES string of the molecule is O=C(OP(CO)(CO)(CO)CO)c1ccccc1. The van der Waals surface area contributed by atoms with E-state index in [2.05, 4.69) is 0 Å². The van der Waals surface area contributed by atoms with Crippen LogP contribution in [0.25, 0.3) is 0 Å². The normalized spacial score (nSPS) is 13.7. The summed E-state index contributed by atoms with van der Waals surface area (Å²) in [5.74, 6) is -0.792. The van der Waals surface area contributed by atoms with Gasteiger partial charge in [0.2, 0.25) is 0 Å². The van der Waals surface area contributed by atoms with E-state index in [1.807, 2.05) is 0 Å². The van der Waals surface area contributed by atoms with Crippen LogP contribution >= 0.6 is 6.83 Å². The topological polar surface area (TPSA) is 107 Å². The van der Waals surface area contributed by atoms with Crippen LogP contribution in [0.5, 0.6) is 0 Å². The molecule has 0 amide bonds. The van der Waals surface area contributed by atoms with Gasteiger partial charge in [-0.05, 0) is 0 Å². The molecule has 0 radical (unpaired) electrons. The molecule has 0 aliphatic heterocycles. The summed E-state index contributed by atoms with van der Waals surface area (Å²) in [6.45, 7) is -4.09. The summed E-state index contributed by atoms with van der Waals surface area (Å²) in [6.07, 6.45) is -3.08. The van der Waals surface area contributed by atoms with Gasteiger partial charge in [0.1, 0.15) is 0 Å². The van der Waals surface area contributed by atoms with Gasteiger partial charge >= 0.3 is 104 Å². The molecule has 0 atom stereocenters. The van der Waals surface area contributed by atoms with Gasteiger partial charge in [-0.25, -0.2) is 0 Å². The van der Waals surface area contributed by atoms with Crippen molar-refractivity contribution < 1.29 is 29.7 Å². The van der Waals surface area contributed by atoms with E-state index in [-0.39, 0.29) is 5.56 Å². The van der Waals surface area contributed by atoms with Crippen molar-refractivity contribution in [2.75, 3.05) is 25.4 Å². The molecule has 0 saturated carbocycles. The van der Waals surface area contributed by atoms with Crippen LogP contribution in [0.4, 0.5) is 0 Å². The van der Waals surface area contributed by atoms with Gasteiger partial charge in [0, 0.05) is 0 Å². The van der Waals surface area contributed by atoms with Crippen LogP contribution in [0.15, 0.2) is 30.3 Å². The zero-order valence-corrected chi connectivity index (χ0v) is 10.7. The molecule has 0 aliphatic rings. The molecule has 6 nitrogen and oxygen atoms in total. The maximum atomic E-state index is 11.9. The van der Waals surface area contributed by atoms with Gasteiger partial charge in [-0.15, -0.1) is 0 Å². The molecule has 0 unspecified atom stereocenters. The van der Waals surface area contributed by atoms with E-state index in [4.69, 9.17) is 4.52 Å². The average molecular weight is 276 g/mol. The van der Waals surface area contributed by atoms with Crippen LogP contribution in [-0.4, -0.2) is 51.8 Å². The van der Waals surface area contributed by atoms with Gasteiger partial charge in [0.15, 0.2) is 0 Å². The number of benzene rings is 1. The molecule has 0 saturated heterocycles. The minimum absolute atomic E-state index is 0.218. The van der Waals surface area contributed by atoms with Gasteiger partial charge in [-0.3, -0.25) is 0 Å². The predicted molar refractivity (Wildman–Crippen MR) is 67.1 cm³/mol. The Morgan fingerprint density at radius 2 is 1.39 bits per heavy atom. The Morgan fingerprint density at radius 3 is 1.78 bits per heavy atom. The summed E-state index contributed by atoms with van der Waals surface area (Å²) in [5, 5.41) is 37.3. The van der Waals surface area contributed by atoms with Gasteiger partial charge in [0.05, 0.1) is 0 Å². The molecule has 102 valence electrons. The number of aliphatic hydroxyl groups is 4. The zero-order chi connectivity index (χ0) is 13.7. The molecule has 7 heteroatoms. The average Bonchev–Trinajstić information content (AvgIpc) is 2.46. The number of hydrogen-bond acceptors (Lipinski definition) is 6. The van der Waals surface area contributed by atoms with Gasteiger partial charge < -0.3 is 0 Å². The first-order chi connectivity index (χ1) is 8.54. The number of carbonyl (C=O) groups excluding carboxylic acids is 1. The molecule has 4 N–H and O–H groups in total. The Kier molecular flexibility index (Phi) is 4.78. The van der Waals surface area contributed by atoms with Crippen LogP contribution in [0.1, 0.15) is 10.4 Å². The maximum absolute atomic E-state index is 11.9. The number of carbonyl (C=O) groups is 1. The molecule has 0 heterocycles. The fourth-order valence-corrected chi connectivity index (χ4v) is 2.59. The first-order valence-corrected chi connectivity index (χ1v) is 8.18. The molecule has 1 rings (SSSR count). The van der Waals surface area contributed by atoms with Crippen LogP contribution < -0.4 is 0 Å². The Balaban J connectivity index is 3.02.